The van der Waals surface area contributed by atoms with E-state index in [1.165, 1.54) is 12.6 Å². The Morgan fingerprint density at radius 1 is 1.00 bits per heavy atom. The van der Waals surface area contributed by atoms with Gasteiger partial charge < -0.3 is 15.2 Å². The summed E-state index contributed by atoms with van der Waals surface area (Å²) < 4.78 is 5.57. The summed E-state index contributed by atoms with van der Waals surface area (Å²) in [6.45, 7) is 2.19. The molecule has 0 atom stereocenters. The maximum Gasteiger partial charge on any atom is 0.314 e. The minimum Gasteiger partial charge on any atom is -0.465 e. The Balaban J connectivity index is 1.45. The molecule has 4 rings (SSSR count). The number of H-pyrrole nitrogens is 1. The average molecular weight is 505 g/mol. The molecule has 0 saturated heterocycles. The number of benzene rings is 2. The Hall–Kier alpha value is -3.52. The van der Waals surface area contributed by atoms with Gasteiger partial charge in [0.05, 0.1) is 24.8 Å². The fourth-order valence-corrected chi connectivity index (χ4v) is 5.30. The van der Waals surface area contributed by atoms with Gasteiger partial charge in [0.2, 0.25) is 0 Å². The molecule has 2 aromatic carbocycles. The molecule has 1 saturated carbocycles. The minimum absolute atomic E-state index is 0.176. The zero-order valence-corrected chi connectivity index (χ0v) is 21.4. The lowest BCUT2D eigenvalue weighted by Gasteiger charge is -2.54. The first-order valence-corrected chi connectivity index (χ1v) is 13.1. The zero-order valence-electron chi connectivity index (χ0n) is 21.4. The van der Waals surface area contributed by atoms with Crippen LogP contribution < -0.4 is 5.32 Å². The largest absolute Gasteiger partial charge is 0.465 e. The number of hydrogen-bond donors (Lipinski definition) is 3. The second kappa shape index (κ2) is 12.1. The molecule has 1 amide bonds. The second-order valence-corrected chi connectivity index (χ2v) is 10.2. The number of nitrogens with one attached hydrogen (secondary N) is 2. The van der Waals surface area contributed by atoms with E-state index in [-0.39, 0.29) is 31.0 Å². The van der Waals surface area contributed by atoms with Gasteiger partial charge in [0.15, 0.2) is 5.69 Å². The SMILES string of the molecule is CCCCCCCOC(=O)C1(CO)CC(Cc2ccc(-c3ccccc3)cc2)(NC(=O)c2cn[nH]n2)C1. The van der Waals surface area contributed by atoms with Crippen molar-refractivity contribution in [3.05, 3.63) is 72.1 Å². The molecule has 0 aliphatic heterocycles. The number of aliphatic hydroxyl groups is 1. The molecule has 1 aromatic heterocycles. The van der Waals surface area contributed by atoms with Crippen LogP contribution in [0, 0.1) is 5.41 Å². The van der Waals surface area contributed by atoms with Gasteiger partial charge in [0.25, 0.3) is 5.91 Å². The van der Waals surface area contributed by atoms with Gasteiger partial charge in [-0.3, -0.25) is 9.59 Å². The van der Waals surface area contributed by atoms with E-state index in [0.29, 0.717) is 13.0 Å². The summed E-state index contributed by atoms with van der Waals surface area (Å²) in [6.07, 6.45) is 7.74. The Morgan fingerprint density at radius 3 is 2.35 bits per heavy atom. The van der Waals surface area contributed by atoms with Crippen LogP contribution in [0.15, 0.2) is 60.8 Å². The molecule has 1 aliphatic rings. The average Bonchev–Trinajstić information content (AvgIpc) is 3.45. The lowest BCUT2D eigenvalue weighted by molar-refractivity contribution is -0.173. The van der Waals surface area contributed by atoms with E-state index < -0.39 is 16.9 Å². The van der Waals surface area contributed by atoms with Crippen LogP contribution in [0.4, 0.5) is 0 Å². The third-order valence-electron chi connectivity index (χ3n) is 7.20. The standard InChI is InChI=1S/C29H36N4O4/c1-2-3-4-5-9-16-37-27(36)28(21-34)19-29(20-28,31-26(35)25-18-30-33-32-25)17-22-12-14-24(15-13-22)23-10-7-6-8-11-23/h6-8,10-15,18,34H,2-5,9,16-17,19-21H2,1H3,(H,31,35)(H,30,32,33). The summed E-state index contributed by atoms with van der Waals surface area (Å²) in [5.74, 6) is -0.762. The highest BCUT2D eigenvalue weighted by Gasteiger charge is 2.60. The summed E-state index contributed by atoms with van der Waals surface area (Å²) in [5.41, 5.74) is 1.69. The number of hydrogen-bond acceptors (Lipinski definition) is 6. The Morgan fingerprint density at radius 2 is 1.70 bits per heavy atom. The molecule has 196 valence electrons. The number of carbonyl (C=O) groups excluding carboxylic acids is 2. The van der Waals surface area contributed by atoms with E-state index >= 15 is 0 Å². The first-order chi connectivity index (χ1) is 18.0. The number of aromatic nitrogens is 3. The van der Waals surface area contributed by atoms with Crippen molar-refractivity contribution < 1.29 is 19.4 Å². The molecule has 1 heterocycles. The third kappa shape index (κ3) is 6.43. The van der Waals surface area contributed by atoms with E-state index in [1.54, 1.807) is 0 Å². The Kier molecular flexibility index (Phi) is 8.71. The lowest BCUT2D eigenvalue weighted by atomic mass is 9.55. The number of unbranched alkanes of at least 4 members (excludes halogenated alkanes) is 4. The number of ether oxygens (including phenoxy) is 1. The molecule has 1 fully saturated rings. The highest BCUT2D eigenvalue weighted by atomic mass is 16.5. The summed E-state index contributed by atoms with van der Waals surface area (Å²) in [7, 11) is 0. The first-order valence-electron chi connectivity index (χ1n) is 13.1. The number of aromatic amines is 1. The van der Waals surface area contributed by atoms with E-state index in [9.17, 15) is 14.7 Å². The highest BCUT2D eigenvalue weighted by molar-refractivity contribution is 5.93. The number of rotatable bonds is 13. The van der Waals surface area contributed by atoms with Gasteiger partial charge >= 0.3 is 5.97 Å². The van der Waals surface area contributed by atoms with Gasteiger partial charge in [-0.2, -0.15) is 15.4 Å². The van der Waals surface area contributed by atoms with Crippen molar-refractivity contribution in [1.82, 2.24) is 20.7 Å². The van der Waals surface area contributed by atoms with E-state index in [2.05, 4.69) is 51.9 Å². The van der Waals surface area contributed by atoms with Crippen LogP contribution in [0.1, 0.15) is 67.9 Å². The van der Waals surface area contributed by atoms with Crippen LogP contribution in [-0.2, 0) is 16.0 Å². The molecular weight excluding hydrogens is 468 g/mol. The number of nitrogens with zero attached hydrogens (tertiary/aromatic N) is 2. The second-order valence-electron chi connectivity index (χ2n) is 10.2. The number of carbonyl (C=O) groups is 2. The fourth-order valence-electron chi connectivity index (χ4n) is 5.30. The maximum atomic E-state index is 13.0. The smallest absolute Gasteiger partial charge is 0.314 e. The molecule has 0 radical (unpaired) electrons. The zero-order chi connectivity index (χ0) is 26.1. The summed E-state index contributed by atoms with van der Waals surface area (Å²) in [6, 6.07) is 18.3. The predicted molar refractivity (Wildman–Crippen MR) is 141 cm³/mol. The highest BCUT2D eigenvalue weighted by Crippen LogP contribution is 2.51. The van der Waals surface area contributed by atoms with Crippen LogP contribution in [0.5, 0.6) is 0 Å². The maximum absolute atomic E-state index is 13.0. The van der Waals surface area contributed by atoms with Crippen molar-refractivity contribution in [2.75, 3.05) is 13.2 Å². The summed E-state index contributed by atoms with van der Waals surface area (Å²) >= 11 is 0. The molecule has 1 aliphatic carbocycles. The van der Waals surface area contributed by atoms with Crippen molar-refractivity contribution in [3.63, 3.8) is 0 Å². The molecular formula is C29H36N4O4. The van der Waals surface area contributed by atoms with Crippen LogP contribution in [0.25, 0.3) is 11.1 Å². The lowest BCUT2D eigenvalue weighted by Crippen LogP contribution is -2.67. The summed E-state index contributed by atoms with van der Waals surface area (Å²) in [4.78, 5) is 25.9. The van der Waals surface area contributed by atoms with Crippen molar-refractivity contribution in [2.24, 2.45) is 5.41 Å². The topological polar surface area (TPSA) is 117 Å². The third-order valence-corrected chi connectivity index (χ3v) is 7.20. The molecule has 0 unspecified atom stereocenters. The molecule has 8 nitrogen and oxygen atoms in total. The van der Waals surface area contributed by atoms with Crippen molar-refractivity contribution in [2.45, 2.75) is 63.8 Å². The molecule has 3 N–H and O–H groups in total. The van der Waals surface area contributed by atoms with Crippen LogP contribution in [0.3, 0.4) is 0 Å². The van der Waals surface area contributed by atoms with Gasteiger partial charge in [-0.05, 0) is 42.4 Å². The van der Waals surface area contributed by atoms with Crippen molar-refractivity contribution in [3.8, 4) is 11.1 Å². The fraction of sp³-hybridized carbons (Fsp3) is 0.448. The molecule has 3 aromatic rings. The van der Waals surface area contributed by atoms with E-state index in [0.717, 1.165) is 42.4 Å². The van der Waals surface area contributed by atoms with E-state index in [1.807, 2.05) is 30.3 Å². The van der Waals surface area contributed by atoms with Crippen LogP contribution >= 0.6 is 0 Å². The van der Waals surface area contributed by atoms with Gasteiger partial charge in [-0.15, -0.1) is 0 Å². The summed E-state index contributed by atoms with van der Waals surface area (Å²) in [5, 5.41) is 23.4. The molecule has 37 heavy (non-hydrogen) atoms. The van der Waals surface area contributed by atoms with Crippen LogP contribution in [0.2, 0.25) is 0 Å². The first kappa shape index (κ1) is 26.5. The van der Waals surface area contributed by atoms with Crippen LogP contribution in [-0.4, -0.2) is 51.1 Å². The van der Waals surface area contributed by atoms with Gasteiger partial charge in [0, 0.05) is 5.54 Å². The van der Waals surface area contributed by atoms with Crippen molar-refractivity contribution >= 4 is 11.9 Å². The Bertz CT molecular complexity index is 1140. The van der Waals surface area contributed by atoms with E-state index in [4.69, 9.17) is 4.74 Å². The Labute approximate surface area is 217 Å². The van der Waals surface area contributed by atoms with Gasteiger partial charge in [0.1, 0.15) is 0 Å². The number of esters is 1. The molecule has 8 heteroatoms. The monoisotopic (exact) mass is 504 g/mol. The molecule has 0 spiro atoms. The quantitative estimate of drug-likeness (QED) is 0.234. The minimum atomic E-state index is -1.02. The van der Waals surface area contributed by atoms with Crippen molar-refractivity contribution in [1.29, 1.82) is 0 Å². The normalized spacial score (nSPS) is 20.7. The number of aliphatic hydroxyl groups excluding tert-OH is 1. The predicted octanol–water partition coefficient (Wildman–Crippen LogP) is 4.47. The number of amides is 1. The van der Waals surface area contributed by atoms with Gasteiger partial charge in [-0.25, -0.2) is 0 Å². The van der Waals surface area contributed by atoms with Gasteiger partial charge in [-0.1, -0.05) is 87.2 Å². The molecule has 0 bridgehead atoms.